The highest BCUT2D eigenvalue weighted by Crippen LogP contribution is 2.73. The summed E-state index contributed by atoms with van der Waals surface area (Å²) in [6, 6.07) is 0. The number of esters is 1. The normalized spacial score (nSPS) is 52.8. The van der Waals surface area contributed by atoms with E-state index in [1.54, 1.807) is 6.92 Å². The fraction of sp³-hybridized carbons (Fsp3) is 0.960. The Morgan fingerprint density at radius 1 is 0.857 bits per heavy atom. The lowest BCUT2D eigenvalue weighted by Gasteiger charge is -2.71. The molecule has 160 valence electrons. The molecule has 0 amide bonds. The third kappa shape index (κ3) is 2.60. The number of carbonyl (C=O) groups excluding carboxylic acids is 1. The average molecular weight is 391 g/mol. The van der Waals surface area contributed by atoms with Crippen molar-refractivity contribution in [1.29, 1.82) is 0 Å². The molecule has 3 nitrogen and oxygen atoms in total. The second kappa shape index (κ2) is 6.46. The van der Waals surface area contributed by atoms with Crippen LogP contribution in [0.5, 0.6) is 0 Å². The number of hydrogen-bond acceptors (Lipinski definition) is 3. The van der Waals surface area contributed by atoms with E-state index in [1.807, 2.05) is 0 Å². The first-order chi connectivity index (χ1) is 13.0. The summed E-state index contributed by atoms with van der Waals surface area (Å²) in [7, 11) is 0. The van der Waals surface area contributed by atoms with Crippen molar-refractivity contribution in [2.75, 3.05) is 0 Å². The minimum Gasteiger partial charge on any atom is -0.462 e. The number of ether oxygens (including phenoxy) is 1. The molecule has 8 atom stereocenters. The summed E-state index contributed by atoms with van der Waals surface area (Å²) in [4.78, 5) is 11.7. The van der Waals surface area contributed by atoms with Crippen molar-refractivity contribution in [2.24, 2.45) is 39.4 Å². The van der Waals surface area contributed by atoms with Crippen molar-refractivity contribution in [3.05, 3.63) is 0 Å². The van der Waals surface area contributed by atoms with Gasteiger partial charge in [0.2, 0.25) is 0 Å². The van der Waals surface area contributed by atoms with Gasteiger partial charge in [-0.25, -0.2) is 0 Å². The highest BCUT2D eigenvalue weighted by Gasteiger charge is 2.67. The van der Waals surface area contributed by atoms with Crippen LogP contribution in [-0.4, -0.2) is 23.3 Å². The Hall–Kier alpha value is -0.570. The molecule has 0 spiro atoms. The van der Waals surface area contributed by atoms with Crippen molar-refractivity contribution in [3.63, 3.8) is 0 Å². The number of hydrogen-bond donors (Lipinski definition) is 1. The van der Waals surface area contributed by atoms with E-state index in [0.29, 0.717) is 28.6 Å². The van der Waals surface area contributed by atoms with Crippen LogP contribution >= 0.6 is 0 Å². The standard InChI is InChI=1S/C25H42O3/c1-16(26)28-21-12-14-23(4)19(22(21,2)3)11-15-25(6)20(23)10-9-17-18(27)8-7-13-24(17,25)5/h17-21,27H,7-15H2,1-6H3/t17-,18-,19+,20-,21+,23+,24-,25-/m1/s1. The van der Waals surface area contributed by atoms with Crippen LogP contribution in [0.2, 0.25) is 0 Å². The van der Waals surface area contributed by atoms with Crippen LogP contribution in [-0.2, 0) is 9.53 Å². The maximum absolute atomic E-state index is 11.7. The number of aliphatic hydroxyl groups excluding tert-OH is 1. The van der Waals surface area contributed by atoms with Crippen LogP contribution in [0, 0.1) is 39.4 Å². The van der Waals surface area contributed by atoms with E-state index in [-0.39, 0.29) is 29.0 Å². The topological polar surface area (TPSA) is 46.5 Å². The summed E-state index contributed by atoms with van der Waals surface area (Å²) in [6.45, 7) is 13.9. The highest BCUT2D eigenvalue weighted by molar-refractivity contribution is 5.66. The quantitative estimate of drug-likeness (QED) is 0.581. The van der Waals surface area contributed by atoms with Crippen LogP contribution in [0.1, 0.15) is 99.3 Å². The van der Waals surface area contributed by atoms with E-state index >= 15 is 0 Å². The molecule has 0 aromatic heterocycles. The van der Waals surface area contributed by atoms with Gasteiger partial charge in [0.15, 0.2) is 0 Å². The van der Waals surface area contributed by atoms with Gasteiger partial charge in [0.25, 0.3) is 0 Å². The molecule has 0 saturated heterocycles. The smallest absolute Gasteiger partial charge is 0.302 e. The molecule has 1 N–H and O–H groups in total. The molecular weight excluding hydrogens is 348 g/mol. The van der Waals surface area contributed by atoms with E-state index < -0.39 is 0 Å². The molecule has 0 aromatic carbocycles. The number of rotatable bonds is 1. The van der Waals surface area contributed by atoms with Gasteiger partial charge >= 0.3 is 5.97 Å². The Labute approximate surface area is 172 Å². The van der Waals surface area contributed by atoms with Gasteiger partial charge in [-0.15, -0.1) is 0 Å². The molecule has 0 radical (unpaired) electrons. The lowest BCUT2D eigenvalue weighted by Crippen LogP contribution is -2.66. The summed E-state index contributed by atoms with van der Waals surface area (Å²) in [5.74, 6) is 1.66. The first-order valence-corrected chi connectivity index (χ1v) is 11.8. The van der Waals surface area contributed by atoms with Gasteiger partial charge in [0, 0.05) is 12.3 Å². The van der Waals surface area contributed by atoms with Crippen molar-refractivity contribution in [3.8, 4) is 0 Å². The molecular formula is C25H42O3. The van der Waals surface area contributed by atoms with E-state index in [0.717, 1.165) is 12.8 Å². The second-order valence-corrected chi connectivity index (χ2v) is 12.1. The van der Waals surface area contributed by atoms with Crippen LogP contribution in [0.25, 0.3) is 0 Å². The van der Waals surface area contributed by atoms with Gasteiger partial charge in [-0.2, -0.15) is 0 Å². The maximum atomic E-state index is 11.7. The van der Waals surface area contributed by atoms with Crippen molar-refractivity contribution < 1.29 is 14.6 Å². The highest BCUT2D eigenvalue weighted by atomic mass is 16.5. The molecule has 4 rings (SSSR count). The number of aliphatic hydroxyl groups is 1. The second-order valence-electron chi connectivity index (χ2n) is 12.1. The predicted octanol–water partition coefficient (Wildman–Crippen LogP) is 5.74. The van der Waals surface area contributed by atoms with Gasteiger partial charge < -0.3 is 9.84 Å². The Morgan fingerprint density at radius 2 is 1.57 bits per heavy atom. The van der Waals surface area contributed by atoms with Crippen molar-refractivity contribution in [1.82, 2.24) is 0 Å². The largest absolute Gasteiger partial charge is 0.462 e. The summed E-state index contributed by atoms with van der Waals surface area (Å²) in [5.41, 5.74) is 0.915. The zero-order chi connectivity index (χ0) is 20.5. The number of fused-ring (bicyclic) bond motifs is 5. The molecule has 4 fully saturated rings. The van der Waals surface area contributed by atoms with Gasteiger partial charge in [0.05, 0.1) is 6.10 Å². The molecule has 3 heteroatoms. The minimum atomic E-state index is -0.133. The monoisotopic (exact) mass is 390 g/mol. The van der Waals surface area contributed by atoms with Crippen LogP contribution in [0.4, 0.5) is 0 Å². The Kier molecular flexibility index (Phi) is 4.78. The lowest BCUT2D eigenvalue weighted by molar-refractivity contribution is -0.244. The molecule has 0 aromatic rings. The fourth-order valence-electron chi connectivity index (χ4n) is 9.33. The molecule has 0 bridgehead atoms. The molecule has 0 heterocycles. The zero-order valence-electron chi connectivity index (χ0n) is 19.0. The zero-order valence-corrected chi connectivity index (χ0v) is 19.0. The van der Waals surface area contributed by atoms with Gasteiger partial charge in [-0.3, -0.25) is 4.79 Å². The molecule has 0 aliphatic heterocycles. The van der Waals surface area contributed by atoms with Crippen LogP contribution in [0.15, 0.2) is 0 Å². The fourth-order valence-corrected chi connectivity index (χ4v) is 9.33. The van der Waals surface area contributed by atoms with Gasteiger partial charge in [-0.1, -0.05) is 41.0 Å². The van der Waals surface area contributed by atoms with Gasteiger partial charge in [-0.05, 0) is 85.4 Å². The van der Waals surface area contributed by atoms with E-state index in [9.17, 15) is 9.90 Å². The maximum Gasteiger partial charge on any atom is 0.302 e. The molecule has 28 heavy (non-hydrogen) atoms. The summed E-state index contributed by atoms with van der Waals surface area (Å²) < 4.78 is 5.81. The average Bonchev–Trinajstić information content (AvgIpc) is 2.58. The summed E-state index contributed by atoms with van der Waals surface area (Å²) >= 11 is 0. The van der Waals surface area contributed by atoms with Crippen molar-refractivity contribution >= 4 is 5.97 Å². The first-order valence-electron chi connectivity index (χ1n) is 11.8. The first kappa shape index (κ1) is 20.7. The third-order valence-electron chi connectivity index (χ3n) is 10.8. The summed E-state index contributed by atoms with van der Waals surface area (Å²) in [5, 5.41) is 10.8. The van der Waals surface area contributed by atoms with E-state index in [2.05, 4.69) is 34.6 Å². The third-order valence-corrected chi connectivity index (χ3v) is 10.8. The van der Waals surface area contributed by atoms with Crippen LogP contribution in [0.3, 0.4) is 0 Å². The predicted molar refractivity (Wildman–Crippen MR) is 112 cm³/mol. The number of carbonyl (C=O) groups is 1. The SMILES string of the molecule is CC(=O)O[C@H]1CC[C@]2(C)[C@H]3CC[C@@H]4[C@H](O)CCC[C@@]4(C)[C@]3(C)CC[C@H]2C1(C)C. The molecule has 4 aliphatic carbocycles. The minimum absolute atomic E-state index is 0.0316. The van der Waals surface area contributed by atoms with E-state index in [1.165, 1.54) is 44.9 Å². The van der Waals surface area contributed by atoms with Crippen LogP contribution < -0.4 is 0 Å². The molecule has 0 unspecified atom stereocenters. The van der Waals surface area contributed by atoms with E-state index in [4.69, 9.17) is 4.74 Å². The summed E-state index contributed by atoms with van der Waals surface area (Å²) in [6.07, 6.45) is 10.5. The Morgan fingerprint density at radius 3 is 2.25 bits per heavy atom. The van der Waals surface area contributed by atoms with Crippen molar-refractivity contribution in [2.45, 2.75) is 112 Å². The molecule has 4 aliphatic rings. The lowest BCUT2D eigenvalue weighted by atomic mass is 9.34. The molecule has 4 saturated carbocycles. The Bertz CT molecular complexity index is 642. The Balaban J connectivity index is 1.69. The van der Waals surface area contributed by atoms with Gasteiger partial charge in [0.1, 0.15) is 6.10 Å².